The molecule has 0 radical (unpaired) electrons. The standard InChI is InChI=1S/2C14H9Br2N3O.C2H6O/c2*15-9-5-8(13(20)10(16)6-9)7-17-14-18-11-3-1-2-4-12(11)19-14;1-2-3/h2*1-7,20H,(H,18,19);3H,2H2,1H3/b2*17-7+;. The third-order valence-corrected chi connectivity index (χ3v) is 7.65. The van der Waals surface area contributed by atoms with Crippen LogP contribution in [0.2, 0.25) is 0 Å². The second-order valence-corrected chi connectivity index (χ2v) is 12.2. The van der Waals surface area contributed by atoms with Gasteiger partial charge in [0.15, 0.2) is 0 Å². The van der Waals surface area contributed by atoms with Crippen LogP contribution in [0.1, 0.15) is 18.1 Å². The fourth-order valence-electron chi connectivity index (χ4n) is 3.63. The molecule has 9 nitrogen and oxygen atoms in total. The minimum atomic E-state index is 0.146. The number of hydrogen-bond acceptors (Lipinski definition) is 7. The summed E-state index contributed by atoms with van der Waals surface area (Å²) in [5.74, 6) is 1.30. The van der Waals surface area contributed by atoms with Gasteiger partial charge in [-0.3, -0.25) is 0 Å². The highest BCUT2D eigenvalue weighted by atomic mass is 79.9. The molecule has 0 saturated carbocycles. The van der Waals surface area contributed by atoms with Crippen LogP contribution >= 0.6 is 63.7 Å². The highest BCUT2D eigenvalue weighted by Gasteiger charge is 2.07. The maximum atomic E-state index is 9.95. The predicted octanol–water partition coefficient (Wildman–Crippen LogP) is 9.09. The number of halogens is 4. The number of fused-ring (bicyclic) bond motifs is 2. The number of aliphatic imine (C=N–C) groups is 2. The Morgan fingerprint density at radius 1 is 0.674 bits per heavy atom. The monoisotopic (exact) mass is 832 g/mol. The van der Waals surface area contributed by atoms with E-state index in [2.05, 4.69) is 93.6 Å². The van der Waals surface area contributed by atoms with Crippen molar-refractivity contribution in [2.45, 2.75) is 6.92 Å². The molecule has 220 valence electrons. The van der Waals surface area contributed by atoms with Gasteiger partial charge in [0.1, 0.15) is 11.5 Å². The van der Waals surface area contributed by atoms with Crippen LogP contribution in [0, 0.1) is 0 Å². The number of aromatic nitrogens is 4. The minimum absolute atomic E-state index is 0.146. The highest BCUT2D eigenvalue weighted by molar-refractivity contribution is 9.11. The maximum Gasteiger partial charge on any atom is 0.227 e. The van der Waals surface area contributed by atoms with E-state index in [-0.39, 0.29) is 18.1 Å². The number of phenols is 2. The molecule has 0 bridgehead atoms. The van der Waals surface area contributed by atoms with E-state index >= 15 is 0 Å². The summed E-state index contributed by atoms with van der Waals surface area (Å²) in [5, 5.41) is 27.5. The second kappa shape index (κ2) is 15.4. The lowest BCUT2D eigenvalue weighted by atomic mass is 10.2. The molecule has 0 spiro atoms. The molecule has 0 aliphatic rings. The highest BCUT2D eigenvalue weighted by Crippen LogP contribution is 2.32. The largest absolute Gasteiger partial charge is 0.506 e. The first-order valence-electron chi connectivity index (χ1n) is 12.6. The quantitative estimate of drug-likeness (QED) is 0.113. The lowest BCUT2D eigenvalue weighted by Crippen LogP contribution is -1.84. The summed E-state index contributed by atoms with van der Waals surface area (Å²) in [6, 6.07) is 22.5. The molecule has 13 heteroatoms. The Morgan fingerprint density at radius 3 is 1.42 bits per heavy atom. The Kier molecular flexibility index (Phi) is 11.7. The zero-order chi connectivity index (χ0) is 30.9. The summed E-state index contributed by atoms with van der Waals surface area (Å²) in [6.45, 7) is 1.93. The normalized spacial score (nSPS) is 11.1. The number of aromatic amines is 2. The molecule has 0 unspecified atom stereocenters. The summed E-state index contributed by atoms with van der Waals surface area (Å²) in [4.78, 5) is 23.4. The van der Waals surface area contributed by atoms with Gasteiger partial charge in [-0.2, -0.15) is 0 Å². The molecule has 2 heterocycles. The minimum Gasteiger partial charge on any atom is -0.506 e. The number of H-pyrrole nitrogens is 2. The Morgan fingerprint density at radius 2 is 1.05 bits per heavy atom. The van der Waals surface area contributed by atoms with Crippen LogP contribution in [-0.2, 0) is 0 Å². The predicted molar refractivity (Wildman–Crippen MR) is 186 cm³/mol. The topological polar surface area (TPSA) is 143 Å². The van der Waals surface area contributed by atoms with E-state index in [9.17, 15) is 10.2 Å². The number of aliphatic hydroxyl groups is 1. The van der Waals surface area contributed by atoms with E-state index in [1.54, 1.807) is 43.6 Å². The van der Waals surface area contributed by atoms with E-state index in [0.717, 1.165) is 31.0 Å². The summed E-state index contributed by atoms with van der Waals surface area (Å²) in [5.41, 5.74) is 4.79. The fraction of sp³-hybridized carbons (Fsp3) is 0.0667. The van der Waals surface area contributed by atoms with Gasteiger partial charge < -0.3 is 25.3 Å². The molecule has 6 rings (SSSR count). The van der Waals surface area contributed by atoms with Crippen molar-refractivity contribution in [3.05, 3.63) is 102 Å². The van der Waals surface area contributed by atoms with Crippen molar-refractivity contribution in [2.75, 3.05) is 6.61 Å². The molecule has 0 atom stereocenters. The van der Waals surface area contributed by atoms with Crippen LogP contribution in [0.15, 0.2) is 101 Å². The zero-order valence-corrected chi connectivity index (χ0v) is 28.8. The average Bonchev–Trinajstić information content (AvgIpc) is 3.59. The Hall–Kier alpha value is -3.36. The molecule has 2 aromatic heterocycles. The third kappa shape index (κ3) is 8.83. The number of nitrogens with zero attached hydrogens (tertiary/aromatic N) is 4. The molecule has 0 fully saturated rings. The molecule has 0 aliphatic heterocycles. The number of aromatic hydroxyl groups is 2. The van der Waals surface area contributed by atoms with Gasteiger partial charge >= 0.3 is 0 Å². The molecule has 4 aromatic carbocycles. The number of hydrogen-bond donors (Lipinski definition) is 5. The van der Waals surface area contributed by atoms with Crippen molar-refractivity contribution in [3.63, 3.8) is 0 Å². The van der Waals surface area contributed by atoms with Gasteiger partial charge in [0.2, 0.25) is 11.9 Å². The number of benzene rings is 4. The fourth-order valence-corrected chi connectivity index (χ4v) is 6.15. The Labute approximate surface area is 280 Å². The van der Waals surface area contributed by atoms with Crippen molar-refractivity contribution in [3.8, 4) is 11.5 Å². The van der Waals surface area contributed by atoms with Crippen LogP contribution in [0.4, 0.5) is 11.9 Å². The number of para-hydroxylation sites is 4. The van der Waals surface area contributed by atoms with E-state index < -0.39 is 0 Å². The van der Waals surface area contributed by atoms with Gasteiger partial charge in [-0.05, 0) is 87.3 Å². The molecule has 43 heavy (non-hydrogen) atoms. The van der Waals surface area contributed by atoms with Crippen LogP contribution in [0.25, 0.3) is 22.1 Å². The van der Waals surface area contributed by atoms with Crippen molar-refractivity contribution in [1.82, 2.24) is 19.9 Å². The molecule has 6 aromatic rings. The third-order valence-electron chi connectivity index (χ3n) is 5.52. The van der Waals surface area contributed by atoms with Crippen molar-refractivity contribution >= 4 is 110 Å². The van der Waals surface area contributed by atoms with Crippen LogP contribution < -0.4 is 0 Å². The SMILES string of the molecule is CCO.Oc1c(Br)cc(Br)cc1/C=N/c1nc2ccccc2[nH]1.Oc1c(Br)cc(Br)cc1/C=N/c1nc2ccccc2[nH]1. The zero-order valence-electron chi connectivity index (χ0n) is 22.4. The number of phenolic OH excluding ortho intramolecular Hbond substituents is 2. The van der Waals surface area contributed by atoms with Gasteiger partial charge in [0, 0.05) is 39.1 Å². The number of nitrogens with one attached hydrogen (secondary N) is 2. The number of imidazole rings is 2. The molecule has 0 amide bonds. The first-order chi connectivity index (χ1) is 20.7. The first kappa shape index (κ1) is 32.6. The van der Waals surface area contributed by atoms with Gasteiger partial charge in [-0.25, -0.2) is 20.0 Å². The molecule has 0 saturated heterocycles. The lowest BCUT2D eigenvalue weighted by molar-refractivity contribution is 0.318. The lowest BCUT2D eigenvalue weighted by Gasteiger charge is -2.02. The maximum absolute atomic E-state index is 9.95. The van der Waals surface area contributed by atoms with Gasteiger partial charge in [0.05, 0.1) is 31.0 Å². The summed E-state index contributed by atoms with van der Waals surface area (Å²) < 4.78 is 2.93. The summed E-state index contributed by atoms with van der Waals surface area (Å²) in [6.07, 6.45) is 3.14. The van der Waals surface area contributed by atoms with Gasteiger partial charge in [0.25, 0.3) is 0 Å². The van der Waals surface area contributed by atoms with Crippen molar-refractivity contribution < 1.29 is 15.3 Å². The second-order valence-electron chi connectivity index (χ2n) is 8.64. The average molecular weight is 836 g/mol. The molecular weight excluding hydrogens is 812 g/mol. The first-order valence-corrected chi connectivity index (χ1v) is 15.8. The van der Waals surface area contributed by atoms with Gasteiger partial charge in [-0.15, -0.1) is 0 Å². The smallest absolute Gasteiger partial charge is 0.227 e. The number of rotatable bonds is 4. The van der Waals surface area contributed by atoms with Gasteiger partial charge in [-0.1, -0.05) is 56.1 Å². The summed E-state index contributed by atoms with van der Waals surface area (Å²) >= 11 is 13.3. The van der Waals surface area contributed by atoms with Crippen LogP contribution in [0.5, 0.6) is 11.5 Å². The van der Waals surface area contributed by atoms with Crippen molar-refractivity contribution in [2.24, 2.45) is 9.98 Å². The molecule has 0 aliphatic carbocycles. The van der Waals surface area contributed by atoms with E-state index in [4.69, 9.17) is 5.11 Å². The Balaban J connectivity index is 0.000000181. The van der Waals surface area contributed by atoms with Crippen LogP contribution in [0.3, 0.4) is 0 Å². The van der Waals surface area contributed by atoms with Crippen LogP contribution in [-0.4, -0.2) is 54.3 Å². The summed E-state index contributed by atoms with van der Waals surface area (Å²) in [7, 11) is 0. The van der Waals surface area contributed by atoms with Crippen molar-refractivity contribution in [1.29, 1.82) is 0 Å². The van der Waals surface area contributed by atoms with E-state index in [1.165, 1.54) is 0 Å². The number of aliphatic hydroxyl groups excluding tert-OH is 1. The Bertz CT molecular complexity index is 1720. The molecule has 5 N–H and O–H groups in total. The van der Waals surface area contributed by atoms with E-state index in [0.29, 0.717) is 32.0 Å². The van der Waals surface area contributed by atoms with E-state index in [1.807, 2.05) is 48.5 Å². The molecular formula is C30H24Br4N6O3.